The minimum Gasteiger partial charge on any atom is -0.331 e. The van der Waals surface area contributed by atoms with Crippen molar-refractivity contribution in [3.63, 3.8) is 0 Å². The summed E-state index contributed by atoms with van der Waals surface area (Å²) in [6.45, 7) is 5.83. The van der Waals surface area contributed by atoms with Gasteiger partial charge in [0.1, 0.15) is 0 Å². The maximum absolute atomic E-state index is 12.4. The van der Waals surface area contributed by atoms with Crippen LogP contribution in [0, 0.1) is 0 Å². The van der Waals surface area contributed by atoms with Crippen molar-refractivity contribution in [3.05, 3.63) is 12.2 Å². The smallest absolute Gasteiger partial charge is 0.237 e. The zero-order valence-electron chi connectivity index (χ0n) is 11.6. The molecule has 1 fully saturated rings. The summed E-state index contributed by atoms with van der Waals surface area (Å²) in [5.74, 6) is 0.320. The van der Waals surface area contributed by atoms with E-state index >= 15 is 0 Å². The van der Waals surface area contributed by atoms with Crippen molar-refractivity contribution < 1.29 is 4.79 Å². The molecule has 1 saturated heterocycles. The molecule has 1 atom stereocenters. The van der Waals surface area contributed by atoms with Gasteiger partial charge in [-0.2, -0.15) is 0 Å². The molecule has 0 saturated carbocycles. The number of carbonyl (C=O) groups excluding carboxylic acids is 1. The van der Waals surface area contributed by atoms with Crippen molar-refractivity contribution >= 4 is 5.91 Å². The zero-order chi connectivity index (χ0) is 12.8. The van der Waals surface area contributed by atoms with Gasteiger partial charge in [-0.15, -0.1) is 0 Å². The van der Waals surface area contributed by atoms with Crippen LogP contribution in [-0.2, 0) is 4.79 Å². The van der Waals surface area contributed by atoms with Crippen LogP contribution in [-0.4, -0.2) is 47.9 Å². The topological polar surface area (TPSA) is 23.6 Å². The number of amides is 1. The van der Waals surface area contributed by atoms with Gasteiger partial charge in [-0.1, -0.05) is 38.3 Å². The molecular formula is C15H26N2O. The van der Waals surface area contributed by atoms with Crippen molar-refractivity contribution in [2.45, 2.75) is 51.5 Å². The highest BCUT2D eigenvalue weighted by atomic mass is 16.2. The van der Waals surface area contributed by atoms with Crippen LogP contribution < -0.4 is 0 Å². The Labute approximate surface area is 111 Å². The summed E-state index contributed by atoms with van der Waals surface area (Å²) in [5.41, 5.74) is 0. The second kappa shape index (κ2) is 6.93. The molecule has 0 aromatic carbocycles. The van der Waals surface area contributed by atoms with E-state index in [4.69, 9.17) is 0 Å². The summed E-state index contributed by atoms with van der Waals surface area (Å²) in [4.78, 5) is 16.7. The number of hydrogen-bond acceptors (Lipinski definition) is 2. The van der Waals surface area contributed by atoms with Gasteiger partial charge in [0.05, 0.1) is 12.6 Å². The van der Waals surface area contributed by atoms with Crippen LogP contribution in [0.25, 0.3) is 0 Å². The van der Waals surface area contributed by atoms with Gasteiger partial charge in [-0.05, 0) is 32.4 Å². The molecule has 1 amide bonds. The van der Waals surface area contributed by atoms with E-state index < -0.39 is 0 Å². The van der Waals surface area contributed by atoms with Crippen LogP contribution in [0.3, 0.4) is 0 Å². The van der Waals surface area contributed by atoms with Crippen LogP contribution in [0.5, 0.6) is 0 Å². The third-order valence-electron chi connectivity index (χ3n) is 4.02. The van der Waals surface area contributed by atoms with Gasteiger partial charge in [-0.3, -0.25) is 9.69 Å². The van der Waals surface area contributed by atoms with Crippen LogP contribution in [0.2, 0.25) is 0 Å². The molecule has 2 heterocycles. The highest BCUT2D eigenvalue weighted by molar-refractivity contribution is 5.79. The number of rotatable bonds is 4. The molecule has 2 rings (SSSR count). The molecule has 102 valence electrons. The molecule has 0 aromatic heterocycles. The first-order valence-electron chi connectivity index (χ1n) is 7.49. The van der Waals surface area contributed by atoms with Gasteiger partial charge in [0.15, 0.2) is 0 Å². The van der Waals surface area contributed by atoms with Crippen LogP contribution in [0.4, 0.5) is 0 Å². The Kier molecular flexibility index (Phi) is 5.24. The van der Waals surface area contributed by atoms with Crippen molar-refractivity contribution in [3.8, 4) is 0 Å². The maximum atomic E-state index is 12.4. The zero-order valence-corrected chi connectivity index (χ0v) is 11.6. The van der Waals surface area contributed by atoms with Crippen LogP contribution in [0.1, 0.15) is 45.4 Å². The molecule has 0 bridgehead atoms. The Balaban J connectivity index is 1.83. The molecule has 0 N–H and O–H groups in total. The molecule has 2 aliphatic heterocycles. The Morgan fingerprint density at radius 2 is 1.94 bits per heavy atom. The first-order chi connectivity index (χ1) is 8.81. The van der Waals surface area contributed by atoms with E-state index in [0.29, 0.717) is 18.5 Å². The lowest BCUT2D eigenvalue weighted by Gasteiger charge is -2.28. The molecule has 3 nitrogen and oxygen atoms in total. The van der Waals surface area contributed by atoms with Gasteiger partial charge in [-0.25, -0.2) is 0 Å². The van der Waals surface area contributed by atoms with Gasteiger partial charge < -0.3 is 4.90 Å². The average molecular weight is 250 g/mol. The summed E-state index contributed by atoms with van der Waals surface area (Å²) in [6, 6.07) is 0.356. The predicted octanol–water partition coefficient (Wildman–Crippen LogP) is 2.43. The maximum Gasteiger partial charge on any atom is 0.237 e. The minimum absolute atomic E-state index is 0.320. The average Bonchev–Trinajstić information content (AvgIpc) is 2.67. The number of carbonyl (C=O) groups is 1. The van der Waals surface area contributed by atoms with E-state index in [0.717, 1.165) is 32.5 Å². The van der Waals surface area contributed by atoms with E-state index in [1.807, 2.05) is 4.90 Å². The molecular weight excluding hydrogens is 224 g/mol. The van der Waals surface area contributed by atoms with Crippen molar-refractivity contribution in [1.82, 2.24) is 9.80 Å². The molecule has 2 aliphatic rings. The minimum atomic E-state index is 0.320. The second-order valence-electron chi connectivity index (χ2n) is 5.52. The highest BCUT2D eigenvalue weighted by Crippen LogP contribution is 2.16. The van der Waals surface area contributed by atoms with Crippen molar-refractivity contribution in [2.75, 3.05) is 26.2 Å². The SMILES string of the molecule is CCCC1C=CCN1C(=O)CN1CCCCCC1. The number of nitrogens with zero attached hydrogens (tertiary/aromatic N) is 2. The summed E-state index contributed by atoms with van der Waals surface area (Å²) in [7, 11) is 0. The van der Waals surface area contributed by atoms with E-state index in [1.165, 1.54) is 25.7 Å². The molecule has 0 aromatic rings. The summed E-state index contributed by atoms with van der Waals surface area (Å²) >= 11 is 0. The standard InChI is InChI=1S/C15H26N2O/c1-2-8-14-9-7-12-17(14)15(18)13-16-10-5-3-4-6-11-16/h7,9,14H,2-6,8,10-13H2,1H3. The van der Waals surface area contributed by atoms with E-state index in [1.54, 1.807) is 0 Å². The third kappa shape index (κ3) is 3.58. The number of hydrogen-bond donors (Lipinski definition) is 0. The van der Waals surface area contributed by atoms with E-state index in [9.17, 15) is 4.79 Å². The summed E-state index contributed by atoms with van der Waals surface area (Å²) in [5, 5.41) is 0. The number of likely N-dealkylation sites (tertiary alicyclic amines) is 1. The largest absolute Gasteiger partial charge is 0.331 e. The Morgan fingerprint density at radius 1 is 1.22 bits per heavy atom. The lowest BCUT2D eigenvalue weighted by atomic mass is 10.1. The van der Waals surface area contributed by atoms with Gasteiger partial charge >= 0.3 is 0 Å². The fourth-order valence-corrected chi connectivity index (χ4v) is 2.98. The van der Waals surface area contributed by atoms with Crippen molar-refractivity contribution in [1.29, 1.82) is 0 Å². The van der Waals surface area contributed by atoms with Gasteiger partial charge in [0.2, 0.25) is 5.91 Å². The predicted molar refractivity (Wildman–Crippen MR) is 74.5 cm³/mol. The lowest BCUT2D eigenvalue weighted by Crippen LogP contribution is -2.43. The molecule has 3 heteroatoms. The third-order valence-corrected chi connectivity index (χ3v) is 4.02. The molecule has 1 unspecified atom stereocenters. The fraction of sp³-hybridized carbons (Fsp3) is 0.800. The molecule has 0 aliphatic carbocycles. The lowest BCUT2D eigenvalue weighted by molar-refractivity contribution is -0.132. The van der Waals surface area contributed by atoms with Gasteiger partial charge in [0, 0.05) is 6.54 Å². The van der Waals surface area contributed by atoms with Crippen LogP contribution >= 0.6 is 0 Å². The Morgan fingerprint density at radius 3 is 2.61 bits per heavy atom. The van der Waals surface area contributed by atoms with E-state index in [2.05, 4.69) is 24.0 Å². The molecule has 0 spiro atoms. The normalized spacial score (nSPS) is 25.4. The first-order valence-corrected chi connectivity index (χ1v) is 7.49. The highest BCUT2D eigenvalue weighted by Gasteiger charge is 2.25. The monoisotopic (exact) mass is 250 g/mol. The van der Waals surface area contributed by atoms with E-state index in [-0.39, 0.29) is 0 Å². The molecule has 18 heavy (non-hydrogen) atoms. The summed E-state index contributed by atoms with van der Waals surface area (Å²) in [6.07, 6.45) is 11.7. The van der Waals surface area contributed by atoms with Crippen molar-refractivity contribution in [2.24, 2.45) is 0 Å². The fourth-order valence-electron chi connectivity index (χ4n) is 2.98. The van der Waals surface area contributed by atoms with Crippen LogP contribution in [0.15, 0.2) is 12.2 Å². The Hall–Kier alpha value is -0.830. The quantitative estimate of drug-likeness (QED) is 0.715. The summed E-state index contributed by atoms with van der Waals surface area (Å²) < 4.78 is 0. The van der Waals surface area contributed by atoms with Gasteiger partial charge in [0.25, 0.3) is 0 Å². The second-order valence-corrected chi connectivity index (χ2v) is 5.52. The molecule has 0 radical (unpaired) electrons. The first kappa shape index (κ1) is 13.6. The Bertz CT molecular complexity index is 293.